The zero-order valence-electron chi connectivity index (χ0n) is 13.2. The molecular formula is C15H17FN8. The van der Waals surface area contributed by atoms with Gasteiger partial charge in [-0.1, -0.05) is 6.07 Å². The molecule has 0 radical (unpaired) electrons. The van der Waals surface area contributed by atoms with Gasteiger partial charge in [-0.3, -0.25) is 0 Å². The lowest BCUT2D eigenvalue weighted by molar-refractivity contribution is 0.354. The van der Waals surface area contributed by atoms with Crippen molar-refractivity contribution in [3.8, 4) is 5.69 Å². The van der Waals surface area contributed by atoms with Crippen molar-refractivity contribution in [2.24, 2.45) is 0 Å². The first-order chi connectivity index (χ1) is 11.7. The molecule has 4 rings (SSSR count). The average molecular weight is 328 g/mol. The molecular weight excluding hydrogens is 311 g/mol. The Morgan fingerprint density at radius 1 is 1.38 bits per heavy atom. The lowest BCUT2D eigenvalue weighted by Gasteiger charge is -2.23. The van der Waals surface area contributed by atoms with Crippen LogP contribution in [0.1, 0.15) is 23.6 Å². The summed E-state index contributed by atoms with van der Waals surface area (Å²) in [6.07, 6.45) is 3.44. The second-order valence-electron chi connectivity index (χ2n) is 5.94. The molecule has 0 bridgehead atoms. The van der Waals surface area contributed by atoms with Crippen LogP contribution in [-0.4, -0.2) is 41.0 Å². The Hall–Kier alpha value is -2.68. The van der Waals surface area contributed by atoms with Crippen molar-refractivity contribution in [1.82, 2.24) is 40.3 Å². The van der Waals surface area contributed by atoms with Gasteiger partial charge in [-0.25, -0.2) is 14.1 Å². The van der Waals surface area contributed by atoms with Gasteiger partial charge in [-0.2, -0.15) is 9.78 Å². The fourth-order valence-corrected chi connectivity index (χ4v) is 2.93. The number of aryl methyl sites for hydroxylation is 2. The van der Waals surface area contributed by atoms with Gasteiger partial charge >= 0.3 is 0 Å². The highest BCUT2D eigenvalue weighted by molar-refractivity contribution is 5.36. The topological polar surface area (TPSA) is 86.3 Å². The van der Waals surface area contributed by atoms with Gasteiger partial charge in [0.15, 0.2) is 5.82 Å². The lowest BCUT2D eigenvalue weighted by Crippen LogP contribution is -2.38. The summed E-state index contributed by atoms with van der Waals surface area (Å²) in [7, 11) is 0. The maximum atomic E-state index is 14.1. The third kappa shape index (κ3) is 2.78. The third-order valence-electron chi connectivity index (χ3n) is 4.22. The van der Waals surface area contributed by atoms with Crippen molar-refractivity contribution in [2.45, 2.75) is 38.9 Å². The minimum Gasteiger partial charge on any atom is -0.305 e. The molecule has 1 N–H and O–H groups in total. The highest BCUT2D eigenvalue weighted by Gasteiger charge is 2.20. The van der Waals surface area contributed by atoms with Crippen LogP contribution in [0.5, 0.6) is 0 Å². The fraction of sp³-hybridized carbons (Fsp3) is 0.400. The number of fused-ring (bicyclic) bond motifs is 1. The van der Waals surface area contributed by atoms with E-state index < -0.39 is 0 Å². The molecule has 8 nitrogen and oxygen atoms in total. The second kappa shape index (κ2) is 6.08. The van der Waals surface area contributed by atoms with Gasteiger partial charge in [0, 0.05) is 12.5 Å². The van der Waals surface area contributed by atoms with Crippen molar-refractivity contribution in [3.05, 3.63) is 47.6 Å². The zero-order chi connectivity index (χ0) is 16.5. The van der Waals surface area contributed by atoms with Crippen LogP contribution in [0, 0.1) is 12.7 Å². The zero-order valence-corrected chi connectivity index (χ0v) is 13.2. The summed E-state index contributed by atoms with van der Waals surface area (Å²) in [5.41, 5.74) is 1.31. The van der Waals surface area contributed by atoms with E-state index in [1.807, 2.05) is 11.6 Å². The highest BCUT2D eigenvalue weighted by Crippen LogP contribution is 2.16. The summed E-state index contributed by atoms with van der Waals surface area (Å²) < 4.78 is 17.4. The summed E-state index contributed by atoms with van der Waals surface area (Å²) in [5, 5.41) is 19.3. The molecule has 0 aliphatic carbocycles. The monoisotopic (exact) mass is 328 g/mol. The van der Waals surface area contributed by atoms with Gasteiger partial charge in [0.1, 0.15) is 23.7 Å². The standard InChI is InChI=1S/C15H17FN8/c1-10-2-4-12(16)13(6-10)24-15(20-21-22-24)7-17-11-3-5-14-18-9-19-23(14)8-11/h2,4,6,9,11,17H,3,5,7-8H2,1H3/t11-/m1/s1. The van der Waals surface area contributed by atoms with Gasteiger partial charge < -0.3 is 5.32 Å². The average Bonchev–Trinajstić information content (AvgIpc) is 3.23. The van der Waals surface area contributed by atoms with E-state index in [4.69, 9.17) is 0 Å². The molecule has 1 aliphatic rings. The van der Waals surface area contributed by atoms with Gasteiger partial charge in [-0.05, 0) is 41.5 Å². The predicted molar refractivity (Wildman–Crippen MR) is 82.8 cm³/mol. The van der Waals surface area contributed by atoms with Gasteiger partial charge in [-0.15, -0.1) is 5.10 Å². The molecule has 3 heterocycles. The number of benzene rings is 1. The number of nitrogens with zero attached hydrogens (tertiary/aromatic N) is 7. The van der Waals surface area contributed by atoms with Crippen LogP contribution in [0.2, 0.25) is 0 Å². The van der Waals surface area contributed by atoms with E-state index in [1.165, 1.54) is 10.7 Å². The summed E-state index contributed by atoms with van der Waals surface area (Å²) in [5.74, 6) is 1.24. The van der Waals surface area contributed by atoms with Crippen molar-refractivity contribution >= 4 is 0 Å². The van der Waals surface area contributed by atoms with E-state index in [0.717, 1.165) is 30.8 Å². The first-order valence-corrected chi connectivity index (χ1v) is 7.84. The Bertz CT molecular complexity index is 855. The van der Waals surface area contributed by atoms with Gasteiger partial charge in [0.25, 0.3) is 0 Å². The van der Waals surface area contributed by atoms with E-state index in [0.29, 0.717) is 18.1 Å². The number of nitrogens with one attached hydrogen (secondary N) is 1. The molecule has 1 aromatic carbocycles. The molecule has 1 aliphatic heterocycles. The first kappa shape index (κ1) is 14.9. The first-order valence-electron chi connectivity index (χ1n) is 7.84. The largest absolute Gasteiger partial charge is 0.305 e. The minimum atomic E-state index is -0.348. The number of hydrogen-bond donors (Lipinski definition) is 1. The molecule has 0 saturated carbocycles. The second-order valence-corrected chi connectivity index (χ2v) is 5.94. The molecule has 24 heavy (non-hydrogen) atoms. The van der Waals surface area contributed by atoms with Crippen molar-refractivity contribution in [2.75, 3.05) is 0 Å². The molecule has 0 amide bonds. The van der Waals surface area contributed by atoms with Gasteiger partial charge in [0.2, 0.25) is 0 Å². The molecule has 0 fully saturated rings. The van der Waals surface area contributed by atoms with Crippen molar-refractivity contribution in [3.63, 3.8) is 0 Å². The van der Waals surface area contributed by atoms with E-state index in [1.54, 1.807) is 18.5 Å². The van der Waals surface area contributed by atoms with Crippen LogP contribution in [0.25, 0.3) is 5.69 Å². The summed E-state index contributed by atoms with van der Waals surface area (Å²) in [6, 6.07) is 5.14. The Balaban J connectivity index is 1.49. The van der Waals surface area contributed by atoms with E-state index in [2.05, 4.69) is 30.9 Å². The Morgan fingerprint density at radius 2 is 2.29 bits per heavy atom. The number of halogens is 1. The Kier molecular flexibility index (Phi) is 3.77. The molecule has 1 atom stereocenters. The predicted octanol–water partition coefficient (Wildman–Crippen LogP) is 0.806. The Morgan fingerprint density at radius 3 is 3.21 bits per heavy atom. The molecule has 124 valence electrons. The quantitative estimate of drug-likeness (QED) is 0.762. The molecule has 0 saturated heterocycles. The number of hydrogen-bond acceptors (Lipinski definition) is 6. The van der Waals surface area contributed by atoms with Crippen LogP contribution in [0.15, 0.2) is 24.5 Å². The van der Waals surface area contributed by atoms with E-state index in [-0.39, 0.29) is 11.9 Å². The number of rotatable bonds is 4. The summed E-state index contributed by atoms with van der Waals surface area (Å²) >= 11 is 0. The van der Waals surface area contributed by atoms with Crippen LogP contribution in [0.3, 0.4) is 0 Å². The Labute approximate surface area is 137 Å². The lowest BCUT2D eigenvalue weighted by atomic mass is 10.1. The molecule has 0 unspecified atom stereocenters. The van der Waals surface area contributed by atoms with Crippen molar-refractivity contribution < 1.29 is 4.39 Å². The maximum absolute atomic E-state index is 14.1. The van der Waals surface area contributed by atoms with Crippen LogP contribution < -0.4 is 5.32 Å². The van der Waals surface area contributed by atoms with Crippen LogP contribution in [0.4, 0.5) is 4.39 Å². The maximum Gasteiger partial charge on any atom is 0.170 e. The molecule has 9 heteroatoms. The van der Waals surface area contributed by atoms with Gasteiger partial charge in [0.05, 0.1) is 13.1 Å². The molecule has 2 aromatic heterocycles. The highest BCUT2D eigenvalue weighted by atomic mass is 19.1. The summed E-state index contributed by atoms with van der Waals surface area (Å²) in [4.78, 5) is 4.22. The number of tetrazole rings is 1. The number of aromatic nitrogens is 7. The smallest absolute Gasteiger partial charge is 0.170 e. The SMILES string of the molecule is Cc1ccc(F)c(-n2nnnc2CN[C@@H]2CCc3ncnn3C2)c1. The molecule has 0 spiro atoms. The van der Waals surface area contributed by atoms with E-state index >= 15 is 0 Å². The van der Waals surface area contributed by atoms with Crippen LogP contribution in [-0.2, 0) is 19.5 Å². The van der Waals surface area contributed by atoms with Crippen LogP contribution >= 0.6 is 0 Å². The van der Waals surface area contributed by atoms with Crippen molar-refractivity contribution in [1.29, 1.82) is 0 Å². The molecule has 3 aromatic rings. The normalized spacial score (nSPS) is 17.0. The summed E-state index contributed by atoms with van der Waals surface area (Å²) in [6.45, 7) is 3.12. The minimum absolute atomic E-state index is 0.256. The fourth-order valence-electron chi connectivity index (χ4n) is 2.93. The third-order valence-corrected chi connectivity index (χ3v) is 4.22. The van der Waals surface area contributed by atoms with E-state index in [9.17, 15) is 4.39 Å².